The average molecular weight is 422 g/mol. The third kappa shape index (κ3) is 7.59. The van der Waals surface area contributed by atoms with Crippen molar-refractivity contribution in [1.82, 2.24) is 0 Å². The van der Waals surface area contributed by atoms with E-state index in [4.69, 9.17) is 14.2 Å². The summed E-state index contributed by atoms with van der Waals surface area (Å²) >= 11 is 0. The van der Waals surface area contributed by atoms with Gasteiger partial charge in [-0.1, -0.05) is 49.6 Å². The minimum absolute atomic E-state index is 0.131. The first-order valence-electron chi connectivity index (χ1n) is 9.75. The normalized spacial score (nSPS) is 11.2. The maximum absolute atomic E-state index is 11.6. The van der Waals surface area contributed by atoms with Crippen molar-refractivity contribution in [1.29, 1.82) is 0 Å². The van der Waals surface area contributed by atoms with E-state index in [2.05, 4.69) is 13.2 Å². The first kappa shape index (κ1) is 23.6. The van der Waals surface area contributed by atoms with E-state index in [1.165, 1.54) is 0 Å². The monoisotopic (exact) mass is 422 g/mol. The fourth-order valence-corrected chi connectivity index (χ4v) is 2.73. The highest BCUT2D eigenvalue weighted by Crippen LogP contribution is 2.24. The van der Waals surface area contributed by atoms with E-state index in [0.29, 0.717) is 29.8 Å². The van der Waals surface area contributed by atoms with Crippen molar-refractivity contribution in [2.45, 2.75) is 20.3 Å². The Labute approximate surface area is 182 Å². The van der Waals surface area contributed by atoms with Crippen LogP contribution in [0.2, 0.25) is 0 Å². The van der Waals surface area contributed by atoms with Gasteiger partial charge in [-0.3, -0.25) is 4.79 Å². The summed E-state index contributed by atoms with van der Waals surface area (Å²) in [5.41, 5.74) is 3.64. The Morgan fingerprint density at radius 2 is 1.42 bits per heavy atom. The van der Waals surface area contributed by atoms with Gasteiger partial charge in [-0.15, -0.1) is 0 Å². The fourth-order valence-electron chi connectivity index (χ4n) is 2.73. The van der Waals surface area contributed by atoms with Gasteiger partial charge in [0, 0.05) is 17.1 Å². The van der Waals surface area contributed by atoms with Crippen LogP contribution in [0.15, 0.2) is 72.8 Å². The minimum Gasteiger partial charge on any atom is -0.467 e. The summed E-state index contributed by atoms with van der Waals surface area (Å²) in [4.78, 5) is 33.8. The third-order valence-corrected chi connectivity index (χ3v) is 4.42. The molecule has 6 nitrogen and oxygen atoms in total. The zero-order chi connectivity index (χ0) is 22.8. The fraction of sp³-hybridized carbons (Fsp3) is 0.240. The number of hydrogen-bond donors (Lipinski definition) is 0. The molecule has 1 unspecified atom stereocenters. The standard InChI is InChI=1S/C25H26O6/c1-17(2)24(27)30-15-20(14-29-16-26)13-19-5-7-21(8-6-19)22-9-11-23(12-10-22)31-25(28)18(3)4/h5-12,16,20H,1,3,13-15H2,2,4H3. The summed E-state index contributed by atoms with van der Waals surface area (Å²) in [6.07, 6.45) is 0.577. The van der Waals surface area contributed by atoms with Gasteiger partial charge < -0.3 is 14.2 Å². The molecule has 0 spiro atoms. The van der Waals surface area contributed by atoms with Gasteiger partial charge in [0.05, 0.1) is 13.2 Å². The van der Waals surface area contributed by atoms with E-state index in [1.807, 2.05) is 36.4 Å². The minimum atomic E-state index is -0.469. The molecule has 0 saturated carbocycles. The Kier molecular flexibility index (Phi) is 8.76. The van der Waals surface area contributed by atoms with Gasteiger partial charge in [0.2, 0.25) is 0 Å². The lowest BCUT2D eigenvalue weighted by Crippen LogP contribution is -2.21. The molecule has 0 bridgehead atoms. The molecule has 2 rings (SSSR count). The van der Waals surface area contributed by atoms with Gasteiger partial charge in [-0.25, -0.2) is 9.59 Å². The average Bonchev–Trinajstić information content (AvgIpc) is 2.76. The van der Waals surface area contributed by atoms with E-state index in [0.717, 1.165) is 16.7 Å². The summed E-state index contributed by atoms with van der Waals surface area (Å²) in [7, 11) is 0. The van der Waals surface area contributed by atoms with Crippen LogP contribution in [0, 0.1) is 5.92 Å². The molecule has 0 radical (unpaired) electrons. The smallest absolute Gasteiger partial charge is 0.338 e. The molecule has 0 aromatic heterocycles. The number of ether oxygens (including phenoxy) is 3. The number of carbonyl (C=O) groups excluding carboxylic acids is 3. The Balaban J connectivity index is 2.02. The summed E-state index contributed by atoms with van der Waals surface area (Å²) in [6, 6.07) is 15.1. The second-order valence-electron chi connectivity index (χ2n) is 7.27. The van der Waals surface area contributed by atoms with Crippen LogP contribution >= 0.6 is 0 Å². The van der Waals surface area contributed by atoms with Crippen LogP contribution in [0.1, 0.15) is 19.4 Å². The lowest BCUT2D eigenvalue weighted by Gasteiger charge is -2.16. The molecule has 0 aliphatic rings. The van der Waals surface area contributed by atoms with Crippen molar-refractivity contribution >= 4 is 18.4 Å². The van der Waals surface area contributed by atoms with Crippen LogP contribution in [0.3, 0.4) is 0 Å². The molecule has 6 heteroatoms. The zero-order valence-electron chi connectivity index (χ0n) is 17.8. The van der Waals surface area contributed by atoms with E-state index >= 15 is 0 Å². The highest BCUT2D eigenvalue weighted by atomic mass is 16.5. The SMILES string of the molecule is C=C(C)C(=O)OCC(COC=O)Cc1ccc(-c2ccc(OC(=O)C(=C)C)cc2)cc1. The largest absolute Gasteiger partial charge is 0.467 e. The van der Waals surface area contributed by atoms with Crippen LogP contribution < -0.4 is 4.74 Å². The quantitative estimate of drug-likeness (QED) is 0.233. The molecule has 0 heterocycles. The molecular weight excluding hydrogens is 396 g/mol. The molecule has 0 saturated heterocycles. The van der Waals surface area contributed by atoms with E-state index < -0.39 is 11.9 Å². The molecule has 0 N–H and O–H groups in total. The second-order valence-corrected chi connectivity index (χ2v) is 7.27. The van der Waals surface area contributed by atoms with Crippen LogP contribution in [-0.4, -0.2) is 31.6 Å². The molecule has 0 fully saturated rings. The molecule has 2 aromatic carbocycles. The molecular formula is C25H26O6. The van der Waals surface area contributed by atoms with Crippen molar-refractivity contribution in [3.05, 3.63) is 78.4 Å². The van der Waals surface area contributed by atoms with Gasteiger partial charge in [-0.05, 0) is 49.1 Å². The van der Waals surface area contributed by atoms with Crippen molar-refractivity contribution in [3.63, 3.8) is 0 Å². The highest BCUT2D eigenvalue weighted by Gasteiger charge is 2.15. The van der Waals surface area contributed by atoms with Crippen molar-refractivity contribution in [2.24, 2.45) is 5.92 Å². The summed E-state index contributed by atoms with van der Waals surface area (Å²) in [6.45, 7) is 11.0. The molecule has 31 heavy (non-hydrogen) atoms. The van der Waals surface area contributed by atoms with Gasteiger partial charge in [-0.2, -0.15) is 0 Å². The van der Waals surface area contributed by atoms with Crippen LogP contribution in [0.5, 0.6) is 5.75 Å². The van der Waals surface area contributed by atoms with Gasteiger partial charge in [0.15, 0.2) is 0 Å². The maximum Gasteiger partial charge on any atom is 0.338 e. The number of benzene rings is 2. The Bertz CT molecular complexity index is 941. The van der Waals surface area contributed by atoms with Gasteiger partial charge in [0.25, 0.3) is 6.47 Å². The lowest BCUT2D eigenvalue weighted by atomic mass is 9.98. The molecule has 2 aromatic rings. The molecule has 1 atom stereocenters. The van der Waals surface area contributed by atoms with Crippen molar-refractivity contribution in [3.8, 4) is 16.9 Å². The number of carbonyl (C=O) groups is 3. The molecule has 162 valence electrons. The van der Waals surface area contributed by atoms with E-state index in [9.17, 15) is 14.4 Å². The highest BCUT2D eigenvalue weighted by molar-refractivity contribution is 5.88. The first-order valence-corrected chi connectivity index (χ1v) is 9.75. The summed E-state index contributed by atoms with van der Waals surface area (Å²) < 4.78 is 15.3. The Hall–Kier alpha value is -3.67. The third-order valence-electron chi connectivity index (χ3n) is 4.42. The van der Waals surface area contributed by atoms with Gasteiger partial charge in [0.1, 0.15) is 5.75 Å². The van der Waals surface area contributed by atoms with Crippen LogP contribution in [0.25, 0.3) is 11.1 Å². The predicted octanol–water partition coefficient (Wildman–Crippen LogP) is 4.29. The topological polar surface area (TPSA) is 78.9 Å². The van der Waals surface area contributed by atoms with Crippen LogP contribution in [0.4, 0.5) is 0 Å². The van der Waals surface area contributed by atoms with E-state index in [-0.39, 0.29) is 19.1 Å². The van der Waals surface area contributed by atoms with Gasteiger partial charge >= 0.3 is 11.9 Å². The second kappa shape index (κ2) is 11.5. The molecule has 0 aliphatic carbocycles. The van der Waals surface area contributed by atoms with Crippen molar-refractivity contribution < 1.29 is 28.6 Å². The zero-order valence-corrected chi connectivity index (χ0v) is 17.8. The summed E-state index contributed by atoms with van der Waals surface area (Å²) in [5.74, 6) is -0.639. The lowest BCUT2D eigenvalue weighted by molar-refractivity contribution is -0.141. The maximum atomic E-state index is 11.6. The number of esters is 2. The van der Waals surface area contributed by atoms with Crippen molar-refractivity contribution in [2.75, 3.05) is 13.2 Å². The molecule has 0 aliphatic heterocycles. The van der Waals surface area contributed by atoms with E-state index in [1.54, 1.807) is 26.0 Å². The van der Waals surface area contributed by atoms with Crippen LogP contribution in [-0.2, 0) is 30.3 Å². The Morgan fingerprint density at radius 3 is 1.94 bits per heavy atom. The number of hydrogen-bond acceptors (Lipinski definition) is 6. The summed E-state index contributed by atoms with van der Waals surface area (Å²) in [5, 5.41) is 0. The predicted molar refractivity (Wildman–Crippen MR) is 117 cm³/mol. The first-order chi connectivity index (χ1) is 14.8. The Morgan fingerprint density at radius 1 is 0.871 bits per heavy atom. The number of rotatable bonds is 11. The molecule has 0 amide bonds.